The first kappa shape index (κ1) is 14.1. The number of carbonyl (C=O) groups is 1. The van der Waals surface area contributed by atoms with Crippen LogP contribution in [0.15, 0.2) is 12.1 Å². The topological polar surface area (TPSA) is 62.2 Å². The van der Waals surface area contributed by atoms with Crippen LogP contribution in [-0.4, -0.2) is 22.6 Å². The minimum Gasteiger partial charge on any atom is -0.476 e. The molecule has 1 heterocycles. The van der Waals surface area contributed by atoms with E-state index in [0.29, 0.717) is 11.7 Å². The van der Waals surface area contributed by atoms with Crippen molar-refractivity contribution in [2.75, 3.05) is 11.9 Å². The Morgan fingerprint density at radius 3 is 2.74 bits per heavy atom. The highest BCUT2D eigenvalue weighted by Crippen LogP contribution is 2.28. The van der Waals surface area contributed by atoms with Crippen LogP contribution in [0, 0.1) is 11.8 Å². The average Bonchev–Trinajstić information content (AvgIpc) is 2.39. The summed E-state index contributed by atoms with van der Waals surface area (Å²) in [6.45, 7) is 3.14. The highest BCUT2D eigenvalue weighted by atomic mass is 35.5. The predicted molar refractivity (Wildman–Crippen MR) is 75.8 cm³/mol. The molecule has 1 saturated carbocycles. The fraction of sp³-hybridized carbons (Fsp3) is 0.571. The van der Waals surface area contributed by atoms with Crippen molar-refractivity contribution in [2.24, 2.45) is 11.8 Å². The number of rotatable bonds is 4. The SMILES string of the molecule is CC1CCC(CNc2ccc(Cl)c(C(=O)O)n2)CC1. The van der Waals surface area contributed by atoms with Gasteiger partial charge in [-0.3, -0.25) is 0 Å². The first-order chi connectivity index (χ1) is 9.06. The van der Waals surface area contributed by atoms with Crippen molar-refractivity contribution in [1.82, 2.24) is 4.98 Å². The van der Waals surface area contributed by atoms with Crippen LogP contribution >= 0.6 is 11.6 Å². The molecule has 0 amide bonds. The molecule has 1 aromatic heterocycles. The van der Waals surface area contributed by atoms with E-state index >= 15 is 0 Å². The first-order valence-corrected chi connectivity index (χ1v) is 7.07. The van der Waals surface area contributed by atoms with Gasteiger partial charge in [-0.25, -0.2) is 9.78 Å². The van der Waals surface area contributed by atoms with E-state index in [1.165, 1.54) is 25.7 Å². The second-order valence-corrected chi connectivity index (χ2v) is 5.75. The standard InChI is InChI=1S/C14H19ClN2O2/c1-9-2-4-10(5-3-9)8-16-12-7-6-11(15)13(17-12)14(18)19/h6-7,9-10H,2-5,8H2,1H3,(H,16,17)(H,18,19). The number of nitrogens with one attached hydrogen (secondary N) is 1. The molecule has 0 aromatic carbocycles. The van der Waals surface area contributed by atoms with Crippen LogP contribution in [0.3, 0.4) is 0 Å². The van der Waals surface area contributed by atoms with Crippen LogP contribution in [0.1, 0.15) is 43.1 Å². The first-order valence-electron chi connectivity index (χ1n) is 6.70. The maximum Gasteiger partial charge on any atom is 0.356 e. The van der Waals surface area contributed by atoms with E-state index in [9.17, 15) is 4.79 Å². The smallest absolute Gasteiger partial charge is 0.356 e. The number of pyridine rings is 1. The zero-order chi connectivity index (χ0) is 13.8. The molecule has 2 rings (SSSR count). The van der Waals surface area contributed by atoms with Crippen molar-refractivity contribution in [3.8, 4) is 0 Å². The second-order valence-electron chi connectivity index (χ2n) is 5.34. The monoisotopic (exact) mass is 282 g/mol. The van der Waals surface area contributed by atoms with Crippen molar-refractivity contribution in [1.29, 1.82) is 0 Å². The zero-order valence-electron chi connectivity index (χ0n) is 11.0. The third-order valence-corrected chi connectivity index (χ3v) is 4.06. The molecule has 1 aliphatic carbocycles. The van der Waals surface area contributed by atoms with Crippen molar-refractivity contribution in [2.45, 2.75) is 32.6 Å². The van der Waals surface area contributed by atoms with Crippen LogP contribution in [-0.2, 0) is 0 Å². The van der Waals surface area contributed by atoms with Gasteiger partial charge in [-0.15, -0.1) is 0 Å². The molecule has 1 fully saturated rings. The lowest BCUT2D eigenvalue weighted by molar-refractivity contribution is 0.0691. The van der Waals surface area contributed by atoms with E-state index < -0.39 is 5.97 Å². The Morgan fingerprint density at radius 2 is 2.11 bits per heavy atom. The van der Waals surface area contributed by atoms with Crippen LogP contribution in [0.5, 0.6) is 0 Å². The summed E-state index contributed by atoms with van der Waals surface area (Å²) in [6.07, 6.45) is 5.02. The van der Waals surface area contributed by atoms with E-state index in [1.807, 2.05) is 0 Å². The van der Waals surface area contributed by atoms with E-state index in [1.54, 1.807) is 12.1 Å². The molecule has 5 heteroatoms. The molecular weight excluding hydrogens is 264 g/mol. The van der Waals surface area contributed by atoms with Gasteiger partial charge < -0.3 is 10.4 Å². The summed E-state index contributed by atoms with van der Waals surface area (Å²) in [5.74, 6) is 0.978. The number of nitrogens with zero attached hydrogens (tertiary/aromatic N) is 1. The molecule has 0 aliphatic heterocycles. The molecule has 0 spiro atoms. The van der Waals surface area contributed by atoms with Gasteiger partial charge in [-0.2, -0.15) is 0 Å². The number of halogens is 1. The summed E-state index contributed by atoms with van der Waals surface area (Å²) in [6, 6.07) is 3.30. The summed E-state index contributed by atoms with van der Waals surface area (Å²) in [5, 5.41) is 12.4. The second kappa shape index (κ2) is 6.24. The van der Waals surface area contributed by atoms with Crippen molar-refractivity contribution in [3.63, 3.8) is 0 Å². The number of carboxylic acid groups (broad SMARTS) is 1. The van der Waals surface area contributed by atoms with Crippen LogP contribution in [0.4, 0.5) is 5.82 Å². The predicted octanol–water partition coefficient (Wildman–Crippen LogP) is 3.67. The maximum absolute atomic E-state index is 10.9. The summed E-state index contributed by atoms with van der Waals surface area (Å²) in [4.78, 5) is 15.0. The van der Waals surface area contributed by atoms with Gasteiger partial charge in [0.25, 0.3) is 0 Å². The number of anilines is 1. The zero-order valence-corrected chi connectivity index (χ0v) is 11.8. The third-order valence-electron chi connectivity index (χ3n) is 3.76. The molecule has 0 radical (unpaired) electrons. The molecule has 2 N–H and O–H groups in total. The lowest BCUT2D eigenvalue weighted by atomic mass is 9.83. The van der Waals surface area contributed by atoms with Crippen LogP contribution in [0.2, 0.25) is 5.02 Å². The number of hydrogen-bond donors (Lipinski definition) is 2. The third kappa shape index (κ3) is 3.83. The average molecular weight is 283 g/mol. The molecule has 0 saturated heterocycles. The molecular formula is C14H19ClN2O2. The summed E-state index contributed by atoms with van der Waals surface area (Å²) < 4.78 is 0. The summed E-state index contributed by atoms with van der Waals surface area (Å²) in [7, 11) is 0. The molecule has 1 aliphatic rings. The largest absolute Gasteiger partial charge is 0.476 e. The normalized spacial score (nSPS) is 23.1. The number of hydrogen-bond acceptors (Lipinski definition) is 3. The molecule has 1 aromatic rings. The Kier molecular flexibility index (Phi) is 4.64. The van der Waals surface area contributed by atoms with Gasteiger partial charge in [0, 0.05) is 6.54 Å². The molecule has 19 heavy (non-hydrogen) atoms. The van der Waals surface area contributed by atoms with Gasteiger partial charge in [-0.05, 0) is 36.8 Å². The van der Waals surface area contributed by atoms with Gasteiger partial charge in [-0.1, -0.05) is 31.4 Å². The Balaban J connectivity index is 1.92. The van der Waals surface area contributed by atoms with E-state index in [4.69, 9.17) is 16.7 Å². The summed E-state index contributed by atoms with van der Waals surface area (Å²) in [5.41, 5.74) is -0.0936. The molecule has 104 valence electrons. The van der Waals surface area contributed by atoms with Gasteiger partial charge in [0.05, 0.1) is 5.02 Å². The molecule has 0 atom stereocenters. The Hall–Kier alpha value is -1.29. The summed E-state index contributed by atoms with van der Waals surface area (Å²) >= 11 is 5.78. The van der Waals surface area contributed by atoms with E-state index in [2.05, 4.69) is 17.2 Å². The number of carboxylic acids is 1. The van der Waals surface area contributed by atoms with Crippen LogP contribution in [0.25, 0.3) is 0 Å². The Morgan fingerprint density at radius 1 is 1.42 bits per heavy atom. The highest BCUT2D eigenvalue weighted by molar-refractivity contribution is 6.33. The molecule has 4 nitrogen and oxygen atoms in total. The van der Waals surface area contributed by atoms with Gasteiger partial charge in [0.2, 0.25) is 0 Å². The number of aromatic nitrogens is 1. The minimum absolute atomic E-state index is 0.0936. The highest BCUT2D eigenvalue weighted by Gasteiger charge is 2.18. The van der Waals surface area contributed by atoms with Gasteiger partial charge >= 0.3 is 5.97 Å². The Bertz CT molecular complexity index is 457. The molecule has 0 bridgehead atoms. The van der Waals surface area contributed by atoms with Crippen molar-refractivity contribution >= 4 is 23.4 Å². The van der Waals surface area contributed by atoms with Crippen molar-refractivity contribution < 1.29 is 9.90 Å². The fourth-order valence-electron chi connectivity index (χ4n) is 2.47. The van der Waals surface area contributed by atoms with Crippen LogP contribution < -0.4 is 5.32 Å². The quantitative estimate of drug-likeness (QED) is 0.884. The van der Waals surface area contributed by atoms with E-state index in [-0.39, 0.29) is 10.7 Å². The van der Waals surface area contributed by atoms with Gasteiger partial charge in [0.1, 0.15) is 5.82 Å². The lowest BCUT2D eigenvalue weighted by Gasteiger charge is -2.26. The fourth-order valence-corrected chi connectivity index (χ4v) is 2.66. The number of aromatic carboxylic acids is 1. The van der Waals surface area contributed by atoms with Crippen molar-refractivity contribution in [3.05, 3.63) is 22.8 Å². The Labute approximate surface area is 118 Å². The lowest BCUT2D eigenvalue weighted by Crippen LogP contribution is -2.20. The van der Waals surface area contributed by atoms with E-state index in [0.717, 1.165) is 12.5 Å². The minimum atomic E-state index is -1.10. The maximum atomic E-state index is 10.9. The molecule has 0 unspecified atom stereocenters. The van der Waals surface area contributed by atoms with Gasteiger partial charge in [0.15, 0.2) is 5.69 Å².